The Labute approximate surface area is 152 Å². The zero-order valence-electron chi connectivity index (χ0n) is 14.9. The van der Waals surface area contributed by atoms with E-state index in [-0.39, 0.29) is 18.3 Å². The minimum absolute atomic E-state index is 0.0112. The lowest BCUT2D eigenvalue weighted by Crippen LogP contribution is -2.34. The summed E-state index contributed by atoms with van der Waals surface area (Å²) in [5.74, 6) is -0.430. The van der Waals surface area contributed by atoms with E-state index in [0.717, 1.165) is 0 Å². The van der Waals surface area contributed by atoms with Gasteiger partial charge in [0.1, 0.15) is 6.04 Å². The lowest BCUT2D eigenvalue weighted by molar-refractivity contribution is -0.118. The van der Waals surface area contributed by atoms with E-state index < -0.39 is 27.2 Å². The van der Waals surface area contributed by atoms with Crippen molar-refractivity contribution in [3.8, 4) is 0 Å². The molecule has 26 heavy (non-hydrogen) atoms. The van der Waals surface area contributed by atoms with Crippen LogP contribution in [0.2, 0.25) is 0 Å². The molecule has 0 unspecified atom stereocenters. The highest BCUT2D eigenvalue weighted by atomic mass is 32.2. The topological polar surface area (TPSA) is 150 Å². The number of methoxy groups -OCH3 is 2. The van der Waals surface area contributed by atoms with Crippen molar-refractivity contribution >= 4 is 21.9 Å². The van der Waals surface area contributed by atoms with Crippen LogP contribution in [0.1, 0.15) is 31.2 Å². The standard InChI is InChI=1S/C14H25N5O6S/c1-23-7-5-19(6-8-24-2)14-16-13(25-17-14)11(9-12(15)20)18-26(21,22)10-3-4-10/h10-11,18H,3-9H2,1-2H3,(H2,15,20)/t11-/m0/s1. The summed E-state index contributed by atoms with van der Waals surface area (Å²) in [6, 6.07) is -0.994. The van der Waals surface area contributed by atoms with Crippen LogP contribution in [0.3, 0.4) is 0 Å². The van der Waals surface area contributed by atoms with Crippen LogP contribution in [-0.4, -0.2) is 70.2 Å². The molecule has 1 fully saturated rings. The number of carbonyl (C=O) groups is 1. The number of aromatic nitrogens is 2. The maximum absolute atomic E-state index is 12.2. The first-order valence-corrected chi connectivity index (χ1v) is 9.78. The lowest BCUT2D eigenvalue weighted by atomic mass is 10.2. The summed E-state index contributed by atoms with van der Waals surface area (Å²) in [5, 5.41) is 3.44. The minimum atomic E-state index is -3.56. The van der Waals surface area contributed by atoms with Gasteiger partial charge >= 0.3 is 0 Å². The highest BCUT2D eigenvalue weighted by Crippen LogP contribution is 2.30. The predicted octanol–water partition coefficient (Wildman–Crippen LogP) is -0.833. The molecule has 1 aromatic heterocycles. The van der Waals surface area contributed by atoms with Gasteiger partial charge in [0.25, 0.3) is 5.95 Å². The van der Waals surface area contributed by atoms with Gasteiger partial charge in [0.15, 0.2) is 0 Å². The fraction of sp³-hybridized carbons (Fsp3) is 0.786. The SMILES string of the molecule is COCCN(CCOC)c1noc([C@H](CC(N)=O)NS(=O)(=O)C2CC2)n1. The number of anilines is 1. The third-order valence-corrected chi connectivity index (χ3v) is 5.78. The van der Waals surface area contributed by atoms with E-state index in [1.54, 1.807) is 19.1 Å². The minimum Gasteiger partial charge on any atom is -0.383 e. The molecule has 1 amide bonds. The Morgan fingerprint density at radius 3 is 2.46 bits per heavy atom. The molecule has 0 saturated heterocycles. The van der Waals surface area contributed by atoms with Gasteiger partial charge in [0.05, 0.1) is 24.9 Å². The second kappa shape index (κ2) is 9.26. The first-order chi connectivity index (χ1) is 12.4. The predicted molar refractivity (Wildman–Crippen MR) is 91.9 cm³/mol. The van der Waals surface area contributed by atoms with E-state index in [0.29, 0.717) is 39.1 Å². The van der Waals surface area contributed by atoms with Gasteiger partial charge in [-0.1, -0.05) is 0 Å². The van der Waals surface area contributed by atoms with Gasteiger partial charge in [0.2, 0.25) is 21.8 Å². The van der Waals surface area contributed by atoms with Crippen LogP contribution in [0.15, 0.2) is 4.52 Å². The summed E-state index contributed by atoms with van der Waals surface area (Å²) >= 11 is 0. The van der Waals surface area contributed by atoms with E-state index in [4.69, 9.17) is 19.7 Å². The zero-order valence-corrected chi connectivity index (χ0v) is 15.7. The summed E-state index contributed by atoms with van der Waals surface area (Å²) in [6.07, 6.45) is 0.911. The molecule has 0 bridgehead atoms. The van der Waals surface area contributed by atoms with Gasteiger partial charge in [0, 0.05) is 27.3 Å². The monoisotopic (exact) mass is 391 g/mol. The van der Waals surface area contributed by atoms with E-state index >= 15 is 0 Å². The molecule has 0 spiro atoms. The van der Waals surface area contributed by atoms with Crippen molar-refractivity contribution in [3.05, 3.63) is 5.89 Å². The number of amides is 1. The maximum Gasteiger partial charge on any atom is 0.266 e. The largest absolute Gasteiger partial charge is 0.383 e. The van der Waals surface area contributed by atoms with Crippen LogP contribution in [0.5, 0.6) is 0 Å². The second-order valence-corrected chi connectivity index (χ2v) is 7.98. The van der Waals surface area contributed by atoms with Gasteiger partial charge in [-0.05, 0) is 18.0 Å². The molecule has 1 aromatic rings. The van der Waals surface area contributed by atoms with Crippen LogP contribution < -0.4 is 15.4 Å². The Balaban J connectivity index is 2.16. The van der Waals surface area contributed by atoms with Crippen LogP contribution in [0.25, 0.3) is 0 Å². The van der Waals surface area contributed by atoms with Crippen LogP contribution in [0, 0.1) is 0 Å². The fourth-order valence-electron chi connectivity index (χ4n) is 2.27. The highest BCUT2D eigenvalue weighted by molar-refractivity contribution is 7.90. The number of rotatable bonds is 13. The number of nitrogens with zero attached hydrogens (tertiary/aromatic N) is 3. The molecule has 0 aliphatic heterocycles. The summed E-state index contributed by atoms with van der Waals surface area (Å²) in [7, 11) is -0.408. The summed E-state index contributed by atoms with van der Waals surface area (Å²) < 4.78 is 42.1. The average molecular weight is 391 g/mol. The van der Waals surface area contributed by atoms with Gasteiger partial charge in [-0.2, -0.15) is 4.98 Å². The molecule has 0 aromatic carbocycles. The molecule has 1 aliphatic rings. The molecular formula is C14H25N5O6S. The van der Waals surface area contributed by atoms with Gasteiger partial charge in [-0.15, -0.1) is 0 Å². The summed E-state index contributed by atoms with van der Waals surface area (Å²) in [4.78, 5) is 17.3. The Morgan fingerprint density at radius 1 is 1.35 bits per heavy atom. The van der Waals surface area contributed by atoms with E-state index in [2.05, 4.69) is 14.9 Å². The van der Waals surface area contributed by atoms with Crippen LogP contribution in [-0.2, 0) is 24.3 Å². The number of hydrogen-bond donors (Lipinski definition) is 2. The third-order valence-electron chi connectivity index (χ3n) is 3.82. The van der Waals surface area contributed by atoms with Crippen molar-refractivity contribution in [2.75, 3.05) is 45.4 Å². The molecule has 3 N–H and O–H groups in total. The quantitative estimate of drug-likeness (QED) is 0.439. The molecule has 148 valence electrons. The Kier molecular flexibility index (Phi) is 7.32. The molecular weight excluding hydrogens is 366 g/mol. The molecule has 1 atom stereocenters. The maximum atomic E-state index is 12.2. The van der Waals surface area contributed by atoms with Gasteiger partial charge in [-0.25, -0.2) is 13.1 Å². The molecule has 2 rings (SSSR count). The first kappa shape index (κ1) is 20.6. The van der Waals surface area contributed by atoms with E-state index in [1.807, 2.05) is 0 Å². The Morgan fingerprint density at radius 2 is 1.96 bits per heavy atom. The molecule has 11 nitrogen and oxygen atoms in total. The van der Waals surface area contributed by atoms with E-state index in [1.165, 1.54) is 0 Å². The van der Waals surface area contributed by atoms with Crippen LogP contribution >= 0.6 is 0 Å². The van der Waals surface area contributed by atoms with E-state index in [9.17, 15) is 13.2 Å². The zero-order chi connectivity index (χ0) is 19.2. The number of hydrogen-bond acceptors (Lipinski definition) is 9. The number of nitrogens with two attached hydrogens (primary N) is 1. The molecule has 12 heteroatoms. The third kappa shape index (κ3) is 5.90. The molecule has 1 aliphatic carbocycles. The smallest absolute Gasteiger partial charge is 0.266 e. The van der Waals surface area contributed by atoms with Gasteiger partial charge in [-0.3, -0.25) is 4.79 Å². The first-order valence-electron chi connectivity index (χ1n) is 8.23. The highest BCUT2D eigenvalue weighted by Gasteiger charge is 2.38. The molecule has 0 radical (unpaired) electrons. The number of ether oxygens (including phenoxy) is 2. The number of primary amides is 1. The average Bonchev–Trinajstić information content (AvgIpc) is 3.33. The van der Waals surface area contributed by atoms with Crippen molar-refractivity contribution < 1.29 is 27.2 Å². The second-order valence-electron chi connectivity index (χ2n) is 5.99. The normalized spacial score (nSPS) is 15.8. The van der Waals surface area contributed by atoms with Gasteiger partial charge < -0.3 is 24.6 Å². The van der Waals surface area contributed by atoms with Crippen LogP contribution in [0.4, 0.5) is 5.95 Å². The van der Waals surface area contributed by atoms with Crippen molar-refractivity contribution in [2.24, 2.45) is 5.73 Å². The number of nitrogens with one attached hydrogen (secondary N) is 1. The summed E-state index contributed by atoms with van der Waals surface area (Å²) in [6.45, 7) is 1.86. The van der Waals surface area contributed by atoms with Crippen molar-refractivity contribution in [2.45, 2.75) is 30.6 Å². The fourth-order valence-corrected chi connectivity index (χ4v) is 3.80. The Bertz CT molecular complexity index is 682. The lowest BCUT2D eigenvalue weighted by Gasteiger charge is -2.19. The molecule has 1 saturated carbocycles. The Hall–Kier alpha value is -1.76. The summed E-state index contributed by atoms with van der Waals surface area (Å²) in [5.41, 5.74) is 5.23. The van der Waals surface area contributed by atoms with Crippen molar-refractivity contribution in [3.63, 3.8) is 0 Å². The van der Waals surface area contributed by atoms with Crippen molar-refractivity contribution in [1.29, 1.82) is 0 Å². The number of sulfonamides is 1. The molecule has 1 heterocycles. The van der Waals surface area contributed by atoms with Crippen molar-refractivity contribution in [1.82, 2.24) is 14.9 Å². The number of carbonyl (C=O) groups excluding carboxylic acids is 1.